The van der Waals surface area contributed by atoms with Crippen LogP contribution < -0.4 is 0 Å². The van der Waals surface area contributed by atoms with Crippen molar-refractivity contribution in [3.8, 4) is 0 Å². The number of rotatable bonds is 10. The van der Waals surface area contributed by atoms with Crippen LogP contribution in [0.3, 0.4) is 0 Å². The van der Waals surface area contributed by atoms with E-state index >= 15 is 0 Å². The van der Waals surface area contributed by atoms with Crippen LogP contribution in [0.4, 0.5) is 0 Å². The van der Waals surface area contributed by atoms with Gasteiger partial charge in [0.25, 0.3) is 0 Å². The van der Waals surface area contributed by atoms with E-state index in [4.69, 9.17) is 0 Å². The maximum atomic E-state index is 12.5. The molecule has 2 aliphatic carbocycles. The van der Waals surface area contributed by atoms with Gasteiger partial charge in [-0.05, 0) is 87.5 Å². The van der Waals surface area contributed by atoms with Gasteiger partial charge in [-0.25, -0.2) is 0 Å². The predicted molar refractivity (Wildman–Crippen MR) is 191 cm³/mol. The molecule has 2 aliphatic rings. The summed E-state index contributed by atoms with van der Waals surface area (Å²) >= 11 is 0. The summed E-state index contributed by atoms with van der Waals surface area (Å²) < 4.78 is 0. The van der Waals surface area contributed by atoms with Gasteiger partial charge in [0.2, 0.25) is 0 Å². The smallest absolute Gasteiger partial charge is 0.161 e. The Morgan fingerprint density at radius 2 is 0.841 bits per heavy atom. The van der Waals surface area contributed by atoms with Gasteiger partial charge >= 0.3 is 0 Å². The zero-order valence-electron chi connectivity index (χ0n) is 29.5. The van der Waals surface area contributed by atoms with Crippen LogP contribution in [0.25, 0.3) is 0 Å². The van der Waals surface area contributed by atoms with Crippen LogP contribution in [-0.2, 0) is 9.59 Å². The van der Waals surface area contributed by atoms with E-state index < -0.39 is 0 Å². The molecule has 2 heteroatoms. The van der Waals surface area contributed by atoms with Crippen LogP contribution in [0.5, 0.6) is 0 Å². The van der Waals surface area contributed by atoms with Crippen LogP contribution in [0.2, 0.25) is 0 Å². The Kier molecular flexibility index (Phi) is 13.3. The standard InChI is InChI=1S/C42H56O2/c1-29(19-15-21-31(3)23-25-37-35(7)39(43)33(5)27-41(37,9)10)17-13-14-18-30(2)20-16-22-32(4)24-26-38-36(8)40(44)34(6)28-42(38,11)12/h13-26,33-34H,27-28H2,1-12H3/b14-13+,19-15+,20-16+,25-23+,26-24+,29-17+,30-18+,31-21+,32-22+. The molecule has 2 nitrogen and oxygen atoms in total. The highest BCUT2D eigenvalue weighted by atomic mass is 16.1. The van der Waals surface area contributed by atoms with E-state index in [9.17, 15) is 9.59 Å². The topological polar surface area (TPSA) is 34.1 Å². The Morgan fingerprint density at radius 1 is 0.545 bits per heavy atom. The van der Waals surface area contributed by atoms with Gasteiger partial charge in [-0.2, -0.15) is 0 Å². The van der Waals surface area contributed by atoms with Crippen molar-refractivity contribution in [2.24, 2.45) is 22.7 Å². The minimum atomic E-state index is 0.0112. The summed E-state index contributed by atoms with van der Waals surface area (Å²) in [5, 5.41) is 0. The average Bonchev–Trinajstić information content (AvgIpc) is 2.92. The molecule has 2 rings (SSSR count). The fourth-order valence-electron chi connectivity index (χ4n) is 6.43. The normalized spacial score (nSPS) is 24.5. The third kappa shape index (κ3) is 10.6. The molecule has 0 aromatic rings. The third-order valence-corrected chi connectivity index (χ3v) is 8.83. The van der Waals surface area contributed by atoms with E-state index in [1.807, 2.05) is 27.7 Å². The van der Waals surface area contributed by atoms with Crippen LogP contribution in [0, 0.1) is 22.7 Å². The highest BCUT2D eigenvalue weighted by Crippen LogP contribution is 2.43. The number of Topliss-reactive ketones (excluding diaryl/α,β-unsaturated/α-hetero) is 2. The van der Waals surface area contributed by atoms with E-state index in [0.717, 1.165) is 57.4 Å². The molecule has 44 heavy (non-hydrogen) atoms. The highest BCUT2D eigenvalue weighted by molar-refractivity contribution is 5.99. The van der Waals surface area contributed by atoms with Crippen LogP contribution in [-0.4, -0.2) is 11.6 Å². The second-order valence-electron chi connectivity index (χ2n) is 14.2. The minimum Gasteiger partial charge on any atom is -0.294 e. The molecule has 0 fully saturated rings. The quantitative estimate of drug-likeness (QED) is 0.236. The monoisotopic (exact) mass is 592 g/mol. The summed E-state index contributed by atoms with van der Waals surface area (Å²) in [6, 6.07) is 0. The fraction of sp³-hybridized carbons (Fsp3) is 0.429. The zero-order chi connectivity index (χ0) is 33.2. The lowest BCUT2D eigenvalue weighted by Gasteiger charge is -2.35. The summed E-state index contributed by atoms with van der Waals surface area (Å²) in [6.07, 6.45) is 31.1. The van der Waals surface area contributed by atoms with Gasteiger partial charge in [-0.15, -0.1) is 0 Å². The number of carbonyl (C=O) groups excluding carboxylic acids is 2. The van der Waals surface area contributed by atoms with E-state index in [1.54, 1.807) is 0 Å². The molecule has 0 heterocycles. The lowest BCUT2D eigenvalue weighted by atomic mass is 9.68. The van der Waals surface area contributed by atoms with Crippen molar-refractivity contribution >= 4 is 11.6 Å². The number of carbonyl (C=O) groups is 2. The molecule has 2 atom stereocenters. The largest absolute Gasteiger partial charge is 0.294 e. The summed E-state index contributed by atoms with van der Waals surface area (Å²) in [7, 11) is 0. The van der Waals surface area contributed by atoms with Crippen molar-refractivity contribution < 1.29 is 9.59 Å². The minimum absolute atomic E-state index is 0.0112. The molecule has 0 N–H and O–H groups in total. The van der Waals surface area contributed by atoms with Gasteiger partial charge in [-0.1, -0.05) is 149 Å². The Labute approximate surface area is 268 Å². The molecule has 0 saturated carbocycles. The summed E-state index contributed by atoms with van der Waals surface area (Å²) in [5.41, 5.74) is 8.75. The molecule has 0 spiro atoms. The molecule has 0 bridgehead atoms. The van der Waals surface area contributed by atoms with Gasteiger partial charge in [0, 0.05) is 11.8 Å². The van der Waals surface area contributed by atoms with Crippen molar-refractivity contribution in [3.63, 3.8) is 0 Å². The number of hydrogen-bond acceptors (Lipinski definition) is 2. The fourth-order valence-corrected chi connectivity index (χ4v) is 6.43. The van der Waals surface area contributed by atoms with Crippen molar-refractivity contribution in [2.45, 2.75) is 95.9 Å². The Hall–Kier alpha value is -3.52. The molecule has 0 radical (unpaired) electrons. The molecule has 0 amide bonds. The van der Waals surface area contributed by atoms with Gasteiger partial charge < -0.3 is 0 Å². The Morgan fingerprint density at radius 3 is 1.18 bits per heavy atom. The summed E-state index contributed by atoms with van der Waals surface area (Å²) in [4.78, 5) is 25.0. The number of allylic oxidation sites excluding steroid dienone is 22. The zero-order valence-corrected chi connectivity index (χ0v) is 29.5. The Balaban J connectivity index is 1.95. The second-order valence-corrected chi connectivity index (χ2v) is 14.2. The first-order valence-electron chi connectivity index (χ1n) is 16.1. The average molecular weight is 593 g/mol. The molecule has 0 aromatic carbocycles. The van der Waals surface area contributed by atoms with Gasteiger partial charge in [-0.3, -0.25) is 9.59 Å². The lowest BCUT2D eigenvalue weighted by Crippen LogP contribution is -2.30. The van der Waals surface area contributed by atoms with Crippen molar-refractivity contribution in [2.75, 3.05) is 0 Å². The molecular formula is C42H56O2. The van der Waals surface area contributed by atoms with E-state index in [0.29, 0.717) is 0 Å². The Bertz CT molecular complexity index is 1330. The van der Waals surface area contributed by atoms with E-state index in [1.165, 1.54) is 0 Å². The summed E-state index contributed by atoms with van der Waals surface area (Å²) in [6.45, 7) is 25.3. The molecule has 0 aliphatic heterocycles. The van der Waals surface area contributed by atoms with Gasteiger partial charge in [0.15, 0.2) is 11.6 Å². The molecule has 2 unspecified atom stereocenters. The van der Waals surface area contributed by atoms with Crippen LogP contribution in [0.15, 0.2) is 130 Å². The number of ketones is 2. The first kappa shape index (κ1) is 36.7. The van der Waals surface area contributed by atoms with Crippen molar-refractivity contribution in [1.82, 2.24) is 0 Å². The highest BCUT2D eigenvalue weighted by Gasteiger charge is 2.36. The second kappa shape index (κ2) is 16.0. The van der Waals surface area contributed by atoms with E-state index in [2.05, 4.69) is 140 Å². The third-order valence-electron chi connectivity index (χ3n) is 8.83. The molecule has 0 saturated heterocycles. The van der Waals surface area contributed by atoms with Crippen molar-refractivity contribution in [3.05, 3.63) is 130 Å². The molecular weight excluding hydrogens is 536 g/mol. The van der Waals surface area contributed by atoms with Crippen LogP contribution >= 0.6 is 0 Å². The maximum absolute atomic E-state index is 12.5. The van der Waals surface area contributed by atoms with Gasteiger partial charge in [0.05, 0.1) is 0 Å². The van der Waals surface area contributed by atoms with Gasteiger partial charge in [0.1, 0.15) is 0 Å². The molecule has 0 aromatic heterocycles. The molecule has 236 valence electrons. The van der Waals surface area contributed by atoms with Crippen molar-refractivity contribution in [1.29, 1.82) is 0 Å². The maximum Gasteiger partial charge on any atom is 0.161 e. The SMILES string of the molecule is CC1=C(/C=C/C(C)=C/C=C/C(C)=C/C=C/C=C(C)/C=C/C=C(C)/C=C/C2=C(C)C(=O)C(C)CC2(C)C)C(C)(C)CC(C)C1=O. The van der Waals surface area contributed by atoms with Crippen LogP contribution in [0.1, 0.15) is 95.9 Å². The first-order valence-corrected chi connectivity index (χ1v) is 16.1. The summed E-state index contributed by atoms with van der Waals surface area (Å²) in [5.74, 6) is 0.749. The lowest BCUT2D eigenvalue weighted by molar-refractivity contribution is -0.121. The predicted octanol–water partition coefficient (Wildman–Crippen LogP) is 11.5. The van der Waals surface area contributed by atoms with E-state index in [-0.39, 0.29) is 34.2 Å². The first-order chi connectivity index (χ1) is 20.5. The number of hydrogen-bond donors (Lipinski definition) is 0.